The van der Waals surface area contributed by atoms with Crippen molar-refractivity contribution in [3.05, 3.63) is 21.9 Å². The number of carbonyl (C=O) groups excluding carboxylic acids is 1. The summed E-state index contributed by atoms with van der Waals surface area (Å²) in [6, 6.07) is 3.92. The fraction of sp³-hybridized carbons (Fsp3) is 0.364. The van der Waals surface area contributed by atoms with Crippen LogP contribution in [0.15, 0.2) is 17.3 Å². The summed E-state index contributed by atoms with van der Waals surface area (Å²) in [6.07, 6.45) is -0.831. The van der Waals surface area contributed by atoms with Crippen molar-refractivity contribution in [3.63, 3.8) is 0 Å². The van der Waals surface area contributed by atoms with E-state index in [1.807, 2.05) is 19.1 Å². The van der Waals surface area contributed by atoms with Crippen molar-refractivity contribution in [3.8, 4) is 0 Å². The number of oxime groups is 1. The molecule has 0 fully saturated rings. The molecular weight excluding hydrogens is 256 g/mol. The van der Waals surface area contributed by atoms with Crippen molar-refractivity contribution in [2.24, 2.45) is 5.16 Å². The average molecular weight is 268 g/mol. The van der Waals surface area contributed by atoms with Crippen LogP contribution in [0.3, 0.4) is 0 Å². The van der Waals surface area contributed by atoms with Gasteiger partial charge in [-0.15, -0.1) is 11.3 Å². The molecule has 1 aromatic heterocycles. The second-order valence-electron chi connectivity index (χ2n) is 3.87. The third kappa shape index (κ3) is 2.86. The first-order valence-electron chi connectivity index (χ1n) is 5.35. The van der Waals surface area contributed by atoms with Crippen LogP contribution in [0.1, 0.15) is 16.2 Å². The van der Waals surface area contributed by atoms with E-state index in [1.54, 1.807) is 11.3 Å². The number of aliphatic carboxylic acids is 1. The lowest BCUT2D eigenvalue weighted by molar-refractivity contribution is -0.131. The number of thiophene rings is 1. The molecule has 2 heterocycles. The zero-order valence-corrected chi connectivity index (χ0v) is 10.5. The maximum atomic E-state index is 11.7. The summed E-state index contributed by atoms with van der Waals surface area (Å²) >= 11 is 1.60. The van der Waals surface area contributed by atoms with E-state index in [4.69, 9.17) is 9.94 Å². The highest BCUT2D eigenvalue weighted by atomic mass is 32.1. The van der Waals surface area contributed by atoms with Crippen LogP contribution in [0.4, 0.5) is 0 Å². The van der Waals surface area contributed by atoms with Crippen molar-refractivity contribution < 1.29 is 19.5 Å². The van der Waals surface area contributed by atoms with Crippen LogP contribution in [0.2, 0.25) is 0 Å². The van der Waals surface area contributed by atoms with Crippen molar-refractivity contribution in [1.82, 2.24) is 5.32 Å². The van der Waals surface area contributed by atoms with Crippen LogP contribution in [-0.2, 0) is 21.0 Å². The monoisotopic (exact) mass is 268 g/mol. The lowest BCUT2D eigenvalue weighted by Crippen LogP contribution is -2.34. The normalized spacial score (nSPS) is 18.1. The largest absolute Gasteiger partial charge is 0.477 e. The third-order valence-corrected chi connectivity index (χ3v) is 3.44. The molecule has 1 amide bonds. The minimum absolute atomic E-state index is 0.00460. The lowest BCUT2D eigenvalue weighted by atomic mass is 10.2. The minimum Gasteiger partial charge on any atom is -0.477 e. The Morgan fingerprint density at radius 2 is 2.39 bits per heavy atom. The summed E-state index contributed by atoms with van der Waals surface area (Å²) in [7, 11) is 0. The van der Waals surface area contributed by atoms with Crippen molar-refractivity contribution in [2.75, 3.05) is 0 Å². The van der Waals surface area contributed by atoms with E-state index in [1.165, 1.54) is 4.88 Å². The number of carbonyl (C=O) groups is 2. The fourth-order valence-corrected chi connectivity index (χ4v) is 2.34. The predicted octanol–water partition coefficient (Wildman–Crippen LogP) is 0.902. The highest BCUT2D eigenvalue weighted by Crippen LogP contribution is 2.15. The van der Waals surface area contributed by atoms with Gasteiger partial charge in [0.2, 0.25) is 6.10 Å². The topological polar surface area (TPSA) is 88.0 Å². The van der Waals surface area contributed by atoms with Crippen molar-refractivity contribution in [1.29, 1.82) is 0 Å². The molecule has 18 heavy (non-hydrogen) atoms. The van der Waals surface area contributed by atoms with E-state index in [9.17, 15) is 9.59 Å². The smallest absolute Gasteiger partial charge is 0.353 e. The van der Waals surface area contributed by atoms with E-state index in [2.05, 4.69) is 10.5 Å². The lowest BCUT2D eigenvalue weighted by Gasteiger charge is -2.08. The van der Waals surface area contributed by atoms with Gasteiger partial charge in [0, 0.05) is 16.2 Å². The second-order valence-corrected chi connectivity index (χ2v) is 5.24. The van der Waals surface area contributed by atoms with Gasteiger partial charge in [-0.1, -0.05) is 5.16 Å². The number of rotatable bonds is 4. The first-order chi connectivity index (χ1) is 8.56. The SMILES string of the molecule is Cc1ccc(CNC(=O)C2CC(C(=O)O)=NO2)s1. The Morgan fingerprint density at radius 3 is 2.94 bits per heavy atom. The van der Waals surface area contributed by atoms with Crippen LogP contribution in [-0.4, -0.2) is 28.8 Å². The van der Waals surface area contributed by atoms with Gasteiger partial charge in [-0.2, -0.15) is 0 Å². The highest BCUT2D eigenvalue weighted by molar-refractivity contribution is 7.11. The standard InChI is InChI=1S/C11H12N2O4S/c1-6-2-3-7(18-6)5-12-10(14)9-4-8(11(15)16)13-17-9/h2-3,9H,4-5H2,1H3,(H,12,14)(H,15,16). The molecule has 96 valence electrons. The van der Waals surface area contributed by atoms with Crippen molar-refractivity contribution in [2.45, 2.75) is 26.0 Å². The quantitative estimate of drug-likeness (QED) is 0.849. The molecule has 0 aromatic carbocycles. The average Bonchev–Trinajstić information content (AvgIpc) is 2.94. The number of hydrogen-bond acceptors (Lipinski definition) is 5. The van der Waals surface area contributed by atoms with Gasteiger partial charge in [-0.3, -0.25) is 4.79 Å². The molecule has 0 saturated carbocycles. The Labute approximate surface area is 107 Å². The number of nitrogens with zero attached hydrogens (tertiary/aromatic N) is 1. The minimum atomic E-state index is -1.15. The van der Waals surface area contributed by atoms with Gasteiger partial charge in [0.25, 0.3) is 5.91 Å². The number of nitrogens with one attached hydrogen (secondary N) is 1. The number of hydrogen-bond donors (Lipinski definition) is 2. The number of carboxylic acid groups (broad SMARTS) is 1. The zero-order valence-electron chi connectivity index (χ0n) is 9.67. The van der Waals surface area contributed by atoms with Gasteiger partial charge >= 0.3 is 5.97 Å². The Balaban J connectivity index is 1.82. The first-order valence-corrected chi connectivity index (χ1v) is 6.17. The van der Waals surface area contributed by atoms with Crippen LogP contribution in [0, 0.1) is 6.92 Å². The molecule has 2 N–H and O–H groups in total. The summed E-state index contributed by atoms with van der Waals surface area (Å²) in [5.74, 6) is -1.50. The molecule has 1 aromatic rings. The number of carboxylic acids is 1. The summed E-state index contributed by atoms with van der Waals surface area (Å²) in [6.45, 7) is 2.41. The van der Waals surface area contributed by atoms with E-state index >= 15 is 0 Å². The van der Waals surface area contributed by atoms with Gasteiger partial charge in [-0.25, -0.2) is 4.79 Å². The van der Waals surface area contributed by atoms with E-state index in [-0.39, 0.29) is 18.0 Å². The maximum Gasteiger partial charge on any atom is 0.353 e. The van der Waals surface area contributed by atoms with Crippen LogP contribution < -0.4 is 5.32 Å². The molecule has 1 aliphatic heterocycles. The molecule has 0 bridgehead atoms. The Hall–Kier alpha value is -1.89. The number of amides is 1. The van der Waals surface area contributed by atoms with Crippen LogP contribution in [0.5, 0.6) is 0 Å². The van der Waals surface area contributed by atoms with Crippen LogP contribution in [0.25, 0.3) is 0 Å². The molecule has 0 radical (unpaired) electrons. The van der Waals surface area contributed by atoms with Crippen LogP contribution >= 0.6 is 11.3 Å². The zero-order chi connectivity index (χ0) is 13.1. The van der Waals surface area contributed by atoms with Gasteiger partial charge < -0.3 is 15.3 Å². The molecule has 7 heteroatoms. The summed E-state index contributed by atoms with van der Waals surface area (Å²) in [5, 5.41) is 14.7. The Morgan fingerprint density at radius 1 is 1.61 bits per heavy atom. The van der Waals surface area contributed by atoms with Gasteiger partial charge in [0.05, 0.1) is 6.54 Å². The molecule has 1 unspecified atom stereocenters. The van der Waals surface area contributed by atoms with Gasteiger partial charge in [0.1, 0.15) is 0 Å². The van der Waals surface area contributed by atoms with Gasteiger partial charge in [-0.05, 0) is 19.1 Å². The fourth-order valence-electron chi connectivity index (χ4n) is 1.51. The van der Waals surface area contributed by atoms with E-state index < -0.39 is 12.1 Å². The molecule has 2 rings (SSSR count). The second kappa shape index (κ2) is 5.18. The summed E-state index contributed by atoms with van der Waals surface area (Å²) in [4.78, 5) is 29.3. The van der Waals surface area contributed by atoms with Crippen molar-refractivity contribution >= 4 is 28.9 Å². The molecule has 0 aliphatic carbocycles. The molecular formula is C11H12N2O4S. The molecule has 6 nitrogen and oxygen atoms in total. The Bertz CT molecular complexity index is 509. The molecule has 1 aliphatic rings. The Kier molecular flexibility index (Phi) is 3.61. The number of aryl methyl sites for hydroxylation is 1. The molecule has 1 atom stereocenters. The molecule has 0 spiro atoms. The van der Waals surface area contributed by atoms with E-state index in [0.29, 0.717) is 6.54 Å². The third-order valence-electron chi connectivity index (χ3n) is 2.44. The molecule has 0 saturated heterocycles. The summed E-state index contributed by atoms with van der Waals surface area (Å²) in [5.41, 5.74) is -0.123. The first kappa shape index (κ1) is 12.6. The van der Waals surface area contributed by atoms with E-state index in [0.717, 1.165) is 4.88 Å². The predicted molar refractivity (Wildman–Crippen MR) is 65.5 cm³/mol. The highest BCUT2D eigenvalue weighted by Gasteiger charge is 2.31. The maximum absolute atomic E-state index is 11.7. The van der Waals surface area contributed by atoms with Gasteiger partial charge in [0.15, 0.2) is 5.71 Å². The summed E-state index contributed by atoms with van der Waals surface area (Å²) < 4.78 is 0.